The van der Waals surface area contributed by atoms with E-state index in [1.165, 1.54) is 0 Å². The molecule has 2 atom stereocenters. The molecule has 3 aromatic carbocycles. The quantitative estimate of drug-likeness (QED) is 0.253. The van der Waals surface area contributed by atoms with Gasteiger partial charge in [-0.15, -0.1) is 0 Å². The van der Waals surface area contributed by atoms with Gasteiger partial charge in [-0.2, -0.15) is 0 Å². The van der Waals surface area contributed by atoms with E-state index in [9.17, 15) is 31.2 Å². The van der Waals surface area contributed by atoms with Gasteiger partial charge >= 0.3 is 5.97 Å². The third kappa shape index (κ3) is 10.00. The van der Waals surface area contributed by atoms with Crippen LogP contribution in [0.2, 0.25) is 0 Å². The van der Waals surface area contributed by atoms with E-state index >= 15 is 0 Å². The lowest BCUT2D eigenvalue weighted by molar-refractivity contribution is -0.154. The molecular weight excluding hydrogens is 606 g/mol. The lowest BCUT2D eigenvalue weighted by Gasteiger charge is -2.28. The van der Waals surface area contributed by atoms with Crippen LogP contribution in [-0.4, -0.2) is 69.7 Å². The summed E-state index contributed by atoms with van der Waals surface area (Å²) in [6.07, 6.45) is 0.715. The first kappa shape index (κ1) is 32.8. The highest BCUT2D eigenvalue weighted by atomic mass is 32.2. The Morgan fingerprint density at radius 2 is 1.39 bits per heavy atom. The van der Waals surface area contributed by atoms with Gasteiger partial charge in [-0.05, 0) is 29.5 Å². The summed E-state index contributed by atoms with van der Waals surface area (Å²) < 4.78 is 60.2. The first-order valence-corrected chi connectivity index (χ1v) is 17.5. The highest BCUT2D eigenvalue weighted by Gasteiger charge is 2.41. The highest BCUT2D eigenvalue weighted by molar-refractivity contribution is 7.92. The summed E-state index contributed by atoms with van der Waals surface area (Å²) in [5, 5.41) is 2.53. The lowest BCUT2D eigenvalue weighted by Crippen LogP contribution is -2.55. The molecule has 4 rings (SSSR count). The Labute approximate surface area is 257 Å². The SMILES string of the molecule is O=C(CS(=O)(=O)CC(NS(=O)(=O)Cc1ccccc1)C(=O)N1CCCC1C(=O)OCc1ccccc1)NCc1ccccc1. The molecular formula is C31H35N3O8S2. The Morgan fingerprint density at radius 3 is 2.00 bits per heavy atom. The molecule has 1 fully saturated rings. The molecule has 2 amide bonds. The molecule has 44 heavy (non-hydrogen) atoms. The fraction of sp³-hybridized carbons (Fsp3) is 0.323. The Morgan fingerprint density at radius 1 is 0.818 bits per heavy atom. The van der Waals surface area contributed by atoms with Gasteiger partial charge in [-0.3, -0.25) is 9.59 Å². The van der Waals surface area contributed by atoms with Crippen LogP contribution in [0.5, 0.6) is 0 Å². The molecule has 0 saturated carbocycles. The maximum Gasteiger partial charge on any atom is 0.329 e. The third-order valence-electron chi connectivity index (χ3n) is 6.96. The van der Waals surface area contributed by atoms with E-state index in [4.69, 9.17) is 4.74 Å². The molecule has 0 radical (unpaired) electrons. The zero-order valence-corrected chi connectivity index (χ0v) is 25.6. The van der Waals surface area contributed by atoms with Gasteiger partial charge < -0.3 is 15.0 Å². The van der Waals surface area contributed by atoms with Gasteiger partial charge in [-0.1, -0.05) is 91.0 Å². The largest absolute Gasteiger partial charge is 0.459 e. The maximum atomic E-state index is 13.8. The van der Waals surface area contributed by atoms with Crippen molar-refractivity contribution in [1.82, 2.24) is 14.9 Å². The van der Waals surface area contributed by atoms with Gasteiger partial charge in [0.1, 0.15) is 24.4 Å². The maximum absolute atomic E-state index is 13.8. The van der Waals surface area contributed by atoms with Crippen molar-refractivity contribution in [1.29, 1.82) is 0 Å². The Hall–Kier alpha value is -4.07. The molecule has 1 saturated heterocycles. The summed E-state index contributed by atoms with van der Waals surface area (Å²) in [5.74, 6) is -4.77. The van der Waals surface area contributed by atoms with Crippen LogP contribution in [0.25, 0.3) is 0 Å². The number of rotatable bonds is 14. The Balaban J connectivity index is 1.48. The molecule has 1 aliphatic heterocycles. The van der Waals surface area contributed by atoms with E-state index in [2.05, 4.69) is 10.0 Å². The monoisotopic (exact) mass is 641 g/mol. The molecule has 2 unspecified atom stereocenters. The summed E-state index contributed by atoms with van der Waals surface area (Å²) in [7, 11) is -8.51. The average molecular weight is 642 g/mol. The van der Waals surface area contributed by atoms with E-state index in [0.29, 0.717) is 12.0 Å². The van der Waals surface area contributed by atoms with E-state index in [1.807, 2.05) is 6.07 Å². The number of nitrogens with one attached hydrogen (secondary N) is 2. The molecule has 0 bridgehead atoms. The number of benzene rings is 3. The second kappa shape index (κ2) is 15.1. The number of sulfone groups is 1. The molecule has 1 heterocycles. The zero-order valence-electron chi connectivity index (χ0n) is 24.0. The van der Waals surface area contributed by atoms with Crippen molar-refractivity contribution in [3.05, 3.63) is 108 Å². The van der Waals surface area contributed by atoms with Crippen LogP contribution < -0.4 is 10.0 Å². The number of hydrogen-bond donors (Lipinski definition) is 2. The summed E-state index contributed by atoms with van der Waals surface area (Å²) in [4.78, 5) is 40.4. The van der Waals surface area contributed by atoms with Crippen LogP contribution >= 0.6 is 0 Å². The van der Waals surface area contributed by atoms with Crippen LogP contribution in [0.1, 0.15) is 29.5 Å². The predicted molar refractivity (Wildman–Crippen MR) is 164 cm³/mol. The van der Waals surface area contributed by atoms with Crippen LogP contribution in [0.4, 0.5) is 0 Å². The Kier molecular flexibility index (Phi) is 11.3. The first-order valence-electron chi connectivity index (χ1n) is 14.1. The van der Waals surface area contributed by atoms with Crippen LogP contribution in [0.15, 0.2) is 91.0 Å². The minimum absolute atomic E-state index is 0.0161. The fourth-order valence-electron chi connectivity index (χ4n) is 4.87. The van der Waals surface area contributed by atoms with Crippen molar-refractivity contribution in [2.45, 2.75) is 43.8 Å². The lowest BCUT2D eigenvalue weighted by atomic mass is 10.2. The number of carbonyl (C=O) groups is 3. The predicted octanol–water partition coefficient (Wildman–Crippen LogP) is 1.94. The first-order chi connectivity index (χ1) is 21.0. The molecule has 0 spiro atoms. The summed E-state index contributed by atoms with van der Waals surface area (Å²) in [5.41, 5.74) is 1.94. The van der Waals surface area contributed by atoms with E-state index in [0.717, 1.165) is 16.0 Å². The highest BCUT2D eigenvalue weighted by Crippen LogP contribution is 2.21. The molecule has 11 nitrogen and oxygen atoms in total. The molecule has 2 N–H and O–H groups in total. The van der Waals surface area contributed by atoms with Crippen LogP contribution in [0.3, 0.4) is 0 Å². The van der Waals surface area contributed by atoms with E-state index < -0.39 is 67.0 Å². The topological polar surface area (TPSA) is 156 Å². The number of sulfonamides is 1. The number of carbonyl (C=O) groups excluding carboxylic acids is 3. The zero-order chi connectivity index (χ0) is 31.6. The van der Waals surface area contributed by atoms with Gasteiger partial charge in [0.15, 0.2) is 9.84 Å². The number of likely N-dealkylation sites (tertiary alicyclic amines) is 1. The van der Waals surface area contributed by atoms with Gasteiger partial charge in [0.2, 0.25) is 21.8 Å². The third-order valence-corrected chi connectivity index (χ3v) is 9.86. The molecule has 13 heteroatoms. The Bertz CT molecular complexity index is 1630. The van der Waals surface area contributed by atoms with Crippen molar-refractivity contribution in [2.75, 3.05) is 18.1 Å². The van der Waals surface area contributed by atoms with E-state index in [1.54, 1.807) is 84.9 Å². The number of ether oxygens (including phenoxy) is 1. The van der Waals surface area contributed by atoms with Gasteiger partial charge in [0, 0.05) is 13.1 Å². The summed E-state index contributed by atoms with van der Waals surface area (Å²) in [6.45, 7) is 0.193. The van der Waals surface area contributed by atoms with Gasteiger partial charge in [-0.25, -0.2) is 26.4 Å². The smallest absolute Gasteiger partial charge is 0.329 e. The van der Waals surface area contributed by atoms with Crippen molar-refractivity contribution in [3.63, 3.8) is 0 Å². The number of amides is 2. The molecule has 3 aromatic rings. The van der Waals surface area contributed by atoms with Crippen molar-refractivity contribution >= 4 is 37.6 Å². The van der Waals surface area contributed by atoms with Crippen molar-refractivity contribution in [3.8, 4) is 0 Å². The summed E-state index contributed by atoms with van der Waals surface area (Å²) >= 11 is 0. The average Bonchev–Trinajstić information content (AvgIpc) is 3.49. The van der Waals surface area contributed by atoms with Gasteiger partial charge in [0.05, 0.1) is 11.5 Å². The van der Waals surface area contributed by atoms with E-state index in [-0.39, 0.29) is 26.1 Å². The number of nitrogens with zero attached hydrogens (tertiary/aromatic N) is 1. The normalized spacial score (nSPS) is 15.8. The van der Waals surface area contributed by atoms with Gasteiger partial charge in [0.25, 0.3) is 0 Å². The second-order valence-corrected chi connectivity index (χ2v) is 14.4. The molecule has 0 aromatic heterocycles. The molecule has 1 aliphatic rings. The molecule has 0 aliphatic carbocycles. The van der Waals surface area contributed by atoms with Crippen molar-refractivity contribution in [2.24, 2.45) is 0 Å². The minimum Gasteiger partial charge on any atom is -0.459 e. The standard InChI is InChI=1S/C31H35N3O8S2/c35-29(32-19-24-11-4-1-5-12-24)23-43(38,39)22-27(33-44(40,41)21-26-15-8-3-9-16-26)30(36)34-18-10-17-28(34)31(37)42-20-25-13-6-2-7-14-25/h1-9,11-16,27-28,33H,10,17-23H2,(H,32,35). The summed E-state index contributed by atoms with van der Waals surface area (Å²) in [6, 6.07) is 23.3. The minimum atomic E-state index is -4.29. The van der Waals surface area contributed by atoms with Crippen LogP contribution in [-0.2, 0) is 57.9 Å². The number of esters is 1. The molecule has 234 valence electrons. The number of hydrogen-bond acceptors (Lipinski definition) is 8. The fourth-order valence-corrected chi connectivity index (χ4v) is 7.66. The van der Waals surface area contributed by atoms with Crippen LogP contribution in [0, 0.1) is 0 Å². The second-order valence-electron chi connectivity index (χ2n) is 10.5. The van der Waals surface area contributed by atoms with Crippen molar-refractivity contribution < 1.29 is 36.0 Å².